The van der Waals surface area contributed by atoms with Crippen molar-refractivity contribution in [1.29, 1.82) is 0 Å². The SMILES string of the molecule is Cc1ncc(-c2ccnc(Nc3ccc(C(=O)Nc4cc(C(F)(F)F)ccc4N)cc3)n2)n1C(C)C. The third kappa shape index (κ3) is 5.29. The zero-order chi connectivity index (χ0) is 26.0. The minimum Gasteiger partial charge on any atom is -0.397 e. The van der Waals surface area contributed by atoms with E-state index < -0.39 is 17.6 Å². The van der Waals surface area contributed by atoms with Gasteiger partial charge in [0.1, 0.15) is 5.82 Å². The maximum atomic E-state index is 13.0. The molecule has 0 atom stereocenters. The number of nitrogens with two attached hydrogens (primary N) is 1. The number of aryl methyl sites for hydroxylation is 1. The first-order valence-corrected chi connectivity index (χ1v) is 11.1. The van der Waals surface area contributed by atoms with Crippen molar-refractivity contribution in [3.8, 4) is 11.4 Å². The van der Waals surface area contributed by atoms with Gasteiger partial charge in [0.25, 0.3) is 5.91 Å². The number of carbonyl (C=O) groups is 1. The van der Waals surface area contributed by atoms with Gasteiger partial charge >= 0.3 is 6.18 Å². The maximum Gasteiger partial charge on any atom is 0.416 e. The molecular formula is C25H24F3N7O. The Bertz CT molecular complexity index is 1400. The van der Waals surface area contributed by atoms with Crippen LogP contribution < -0.4 is 16.4 Å². The van der Waals surface area contributed by atoms with Crippen molar-refractivity contribution in [1.82, 2.24) is 19.5 Å². The lowest BCUT2D eigenvalue weighted by molar-refractivity contribution is -0.137. The molecule has 0 aliphatic rings. The van der Waals surface area contributed by atoms with Gasteiger partial charge < -0.3 is 20.9 Å². The van der Waals surface area contributed by atoms with E-state index in [9.17, 15) is 18.0 Å². The van der Waals surface area contributed by atoms with Crippen LogP contribution in [-0.4, -0.2) is 25.4 Å². The normalized spacial score (nSPS) is 11.5. The van der Waals surface area contributed by atoms with Crippen molar-refractivity contribution in [3.05, 3.63) is 77.9 Å². The van der Waals surface area contributed by atoms with Crippen LogP contribution in [0, 0.1) is 6.92 Å². The maximum absolute atomic E-state index is 13.0. The van der Waals surface area contributed by atoms with Gasteiger partial charge in [-0.05, 0) is 69.3 Å². The number of nitrogens with zero attached hydrogens (tertiary/aromatic N) is 4. The molecule has 4 rings (SSSR count). The minimum atomic E-state index is -4.55. The first-order valence-electron chi connectivity index (χ1n) is 11.1. The smallest absolute Gasteiger partial charge is 0.397 e. The van der Waals surface area contributed by atoms with Gasteiger partial charge in [-0.2, -0.15) is 13.2 Å². The number of amides is 1. The zero-order valence-electron chi connectivity index (χ0n) is 19.8. The monoisotopic (exact) mass is 495 g/mol. The Morgan fingerprint density at radius 3 is 2.44 bits per heavy atom. The van der Waals surface area contributed by atoms with Gasteiger partial charge in [0.2, 0.25) is 5.95 Å². The molecule has 0 aliphatic heterocycles. The first kappa shape index (κ1) is 24.7. The predicted octanol–water partition coefficient (Wildman–Crippen LogP) is 5.83. The van der Waals surface area contributed by atoms with Gasteiger partial charge in [0.15, 0.2) is 0 Å². The highest BCUT2D eigenvalue weighted by Crippen LogP contribution is 2.33. The fourth-order valence-corrected chi connectivity index (χ4v) is 3.73. The Labute approximate surface area is 205 Å². The van der Waals surface area contributed by atoms with Crippen molar-refractivity contribution >= 4 is 28.9 Å². The number of nitrogens with one attached hydrogen (secondary N) is 2. The summed E-state index contributed by atoms with van der Waals surface area (Å²) in [7, 11) is 0. The summed E-state index contributed by atoms with van der Waals surface area (Å²) in [6.07, 6.45) is -1.14. The van der Waals surface area contributed by atoms with Crippen LogP contribution in [0.4, 0.5) is 36.2 Å². The molecule has 2 aromatic carbocycles. The largest absolute Gasteiger partial charge is 0.416 e. The molecule has 0 fully saturated rings. The molecule has 0 radical (unpaired) electrons. The van der Waals surface area contributed by atoms with E-state index in [1.54, 1.807) is 30.6 Å². The van der Waals surface area contributed by atoms with Gasteiger partial charge in [-0.25, -0.2) is 15.0 Å². The van der Waals surface area contributed by atoms with E-state index in [1.807, 2.05) is 6.92 Å². The van der Waals surface area contributed by atoms with Crippen LogP contribution >= 0.6 is 0 Å². The van der Waals surface area contributed by atoms with Gasteiger partial charge in [0.05, 0.1) is 34.5 Å². The number of imidazole rings is 1. The summed E-state index contributed by atoms with van der Waals surface area (Å²) in [5, 5.41) is 5.52. The fourth-order valence-electron chi connectivity index (χ4n) is 3.73. The molecule has 2 heterocycles. The van der Waals surface area contributed by atoms with Gasteiger partial charge in [-0.1, -0.05) is 0 Å². The van der Waals surface area contributed by atoms with E-state index in [-0.39, 0.29) is 23.0 Å². The molecule has 0 aliphatic carbocycles. The third-order valence-corrected chi connectivity index (χ3v) is 5.45. The molecule has 11 heteroatoms. The fraction of sp³-hybridized carbons (Fsp3) is 0.200. The Kier molecular flexibility index (Phi) is 6.65. The Morgan fingerprint density at radius 1 is 1.06 bits per heavy atom. The first-order chi connectivity index (χ1) is 17.0. The average Bonchev–Trinajstić information content (AvgIpc) is 3.22. The van der Waals surface area contributed by atoms with Crippen molar-refractivity contribution in [2.24, 2.45) is 0 Å². The molecule has 2 aromatic heterocycles. The van der Waals surface area contributed by atoms with Crippen LogP contribution in [0.5, 0.6) is 0 Å². The van der Waals surface area contributed by atoms with Crippen LogP contribution in [0.2, 0.25) is 0 Å². The highest BCUT2D eigenvalue weighted by Gasteiger charge is 2.31. The average molecular weight is 496 g/mol. The molecule has 4 aromatic rings. The van der Waals surface area contributed by atoms with E-state index >= 15 is 0 Å². The summed E-state index contributed by atoms with van der Waals surface area (Å²) in [6, 6.07) is 11.1. The molecule has 186 valence electrons. The summed E-state index contributed by atoms with van der Waals surface area (Å²) in [5.41, 5.74) is 7.19. The molecular weight excluding hydrogens is 471 g/mol. The quantitative estimate of drug-likeness (QED) is 0.291. The van der Waals surface area contributed by atoms with Crippen molar-refractivity contribution in [2.45, 2.75) is 33.0 Å². The number of hydrogen-bond acceptors (Lipinski definition) is 6. The van der Waals surface area contributed by atoms with Gasteiger partial charge in [-0.15, -0.1) is 0 Å². The van der Waals surface area contributed by atoms with E-state index in [4.69, 9.17) is 5.73 Å². The molecule has 1 amide bonds. The number of benzene rings is 2. The molecule has 0 unspecified atom stereocenters. The van der Waals surface area contributed by atoms with E-state index in [0.717, 1.165) is 29.7 Å². The summed E-state index contributed by atoms with van der Waals surface area (Å²) < 4.78 is 41.0. The van der Waals surface area contributed by atoms with Crippen molar-refractivity contribution in [2.75, 3.05) is 16.4 Å². The number of rotatable bonds is 6. The van der Waals surface area contributed by atoms with Crippen LogP contribution in [-0.2, 0) is 6.18 Å². The van der Waals surface area contributed by atoms with Crippen molar-refractivity contribution < 1.29 is 18.0 Å². The van der Waals surface area contributed by atoms with Gasteiger partial charge in [-0.3, -0.25) is 4.79 Å². The minimum absolute atomic E-state index is 0.0284. The predicted molar refractivity (Wildman–Crippen MR) is 132 cm³/mol. The molecule has 0 bridgehead atoms. The number of alkyl halides is 3. The lowest BCUT2D eigenvalue weighted by atomic mass is 10.1. The Balaban J connectivity index is 1.49. The second kappa shape index (κ2) is 9.68. The second-order valence-corrected chi connectivity index (χ2v) is 8.38. The zero-order valence-corrected chi connectivity index (χ0v) is 19.8. The number of nitrogen functional groups attached to an aromatic ring is 1. The van der Waals surface area contributed by atoms with E-state index in [1.165, 1.54) is 12.1 Å². The topological polar surface area (TPSA) is 111 Å². The summed E-state index contributed by atoms with van der Waals surface area (Å²) in [5.74, 6) is 0.646. The van der Waals surface area contributed by atoms with Gasteiger partial charge in [0, 0.05) is 23.5 Å². The summed E-state index contributed by atoms with van der Waals surface area (Å²) in [6.45, 7) is 6.07. The number of hydrogen-bond donors (Lipinski definition) is 3. The Hall–Kier alpha value is -4.41. The second-order valence-electron chi connectivity index (χ2n) is 8.38. The van der Waals surface area contributed by atoms with E-state index in [0.29, 0.717) is 17.3 Å². The van der Waals surface area contributed by atoms with Crippen LogP contribution in [0.1, 0.15) is 41.6 Å². The molecule has 0 saturated heterocycles. The number of halogens is 3. The Morgan fingerprint density at radius 2 is 1.78 bits per heavy atom. The highest BCUT2D eigenvalue weighted by molar-refractivity contribution is 6.06. The summed E-state index contributed by atoms with van der Waals surface area (Å²) in [4.78, 5) is 25.8. The molecule has 36 heavy (non-hydrogen) atoms. The number of carbonyl (C=O) groups excluding carboxylic acids is 1. The third-order valence-electron chi connectivity index (χ3n) is 5.45. The van der Waals surface area contributed by atoms with E-state index in [2.05, 4.69) is 44.0 Å². The molecule has 4 N–H and O–H groups in total. The molecule has 0 spiro atoms. The number of anilines is 4. The standard InChI is InChI=1S/C25H24F3N7O/c1-14(2)35-15(3)31-13-22(35)20-10-11-30-24(34-20)32-18-7-4-16(5-8-18)23(36)33-21-12-17(25(26,27)28)6-9-19(21)29/h4-14H,29H2,1-3H3,(H,33,36)(H,30,32,34). The van der Waals surface area contributed by atoms with Crippen molar-refractivity contribution in [3.63, 3.8) is 0 Å². The lowest BCUT2D eigenvalue weighted by Crippen LogP contribution is -2.14. The summed E-state index contributed by atoms with van der Waals surface area (Å²) >= 11 is 0. The van der Waals surface area contributed by atoms with Crippen LogP contribution in [0.25, 0.3) is 11.4 Å². The lowest BCUT2D eigenvalue weighted by Gasteiger charge is -2.14. The van der Waals surface area contributed by atoms with Crippen LogP contribution in [0.3, 0.4) is 0 Å². The number of aromatic nitrogens is 4. The highest BCUT2D eigenvalue weighted by atomic mass is 19.4. The molecule has 0 saturated carbocycles. The molecule has 8 nitrogen and oxygen atoms in total. The van der Waals surface area contributed by atoms with Crippen LogP contribution in [0.15, 0.2) is 60.9 Å².